The average Bonchev–Trinajstić information content (AvgIpc) is 3.11. The second kappa shape index (κ2) is 6.58. The topological polar surface area (TPSA) is 53.1 Å². The van der Waals surface area contributed by atoms with Crippen molar-refractivity contribution in [3.05, 3.63) is 46.6 Å². The highest BCUT2D eigenvalue weighted by Crippen LogP contribution is 2.28. The van der Waals surface area contributed by atoms with Gasteiger partial charge in [0, 0.05) is 12.8 Å². The lowest BCUT2D eigenvalue weighted by Gasteiger charge is -2.04. The van der Waals surface area contributed by atoms with Crippen LogP contribution in [0.25, 0.3) is 11.6 Å². The predicted octanol–water partition coefficient (Wildman–Crippen LogP) is 4.14. The van der Waals surface area contributed by atoms with Crippen LogP contribution in [0, 0.1) is 0 Å². The van der Waals surface area contributed by atoms with Crippen LogP contribution in [0.3, 0.4) is 0 Å². The van der Waals surface area contributed by atoms with E-state index in [0.717, 1.165) is 16.7 Å². The van der Waals surface area contributed by atoms with Crippen LogP contribution in [0.4, 0.5) is 0 Å². The van der Waals surface area contributed by atoms with Gasteiger partial charge in [-0.05, 0) is 45.8 Å². The highest BCUT2D eigenvalue weighted by Gasteiger charge is 2.14. The van der Waals surface area contributed by atoms with Crippen LogP contribution >= 0.6 is 27.7 Å². The molecule has 1 aromatic carbocycles. The summed E-state index contributed by atoms with van der Waals surface area (Å²) in [4.78, 5) is 0. The molecule has 22 heavy (non-hydrogen) atoms. The van der Waals surface area contributed by atoms with Gasteiger partial charge in [-0.25, -0.2) is 0 Å². The van der Waals surface area contributed by atoms with Gasteiger partial charge in [-0.15, -0.1) is 10.2 Å². The number of hydrogen-bond acceptors (Lipinski definition) is 5. The molecule has 0 amide bonds. The number of nitrogens with zero attached hydrogens (tertiary/aromatic N) is 3. The molecule has 0 bridgehead atoms. The lowest BCUT2D eigenvalue weighted by Crippen LogP contribution is -1.94. The van der Waals surface area contributed by atoms with E-state index in [4.69, 9.17) is 9.15 Å². The molecule has 0 saturated heterocycles. The Morgan fingerprint density at radius 2 is 2.14 bits per heavy atom. The molecule has 2 heterocycles. The lowest BCUT2D eigenvalue weighted by molar-refractivity contribution is 0.414. The third-order valence-electron chi connectivity index (χ3n) is 3.13. The zero-order chi connectivity index (χ0) is 15.5. The van der Waals surface area contributed by atoms with Crippen LogP contribution in [0.1, 0.15) is 5.56 Å². The normalized spacial score (nSPS) is 10.9. The van der Waals surface area contributed by atoms with Crippen molar-refractivity contribution in [2.45, 2.75) is 10.9 Å². The average molecular weight is 380 g/mol. The number of hydrogen-bond donors (Lipinski definition) is 0. The first-order valence-corrected chi connectivity index (χ1v) is 8.36. The van der Waals surface area contributed by atoms with Gasteiger partial charge in [0.05, 0.1) is 7.11 Å². The van der Waals surface area contributed by atoms with Crippen LogP contribution < -0.4 is 4.74 Å². The first kappa shape index (κ1) is 15.2. The summed E-state index contributed by atoms with van der Waals surface area (Å²) in [5, 5.41) is 9.26. The van der Waals surface area contributed by atoms with Crippen molar-refractivity contribution in [2.75, 3.05) is 7.11 Å². The quantitative estimate of drug-likeness (QED) is 0.623. The fraction of sp³-hybridized carbons (Fsp3) is 0.200. The van der Waals surface area contributed by atoms with Crippen LogP contribution in [-0.4, -0.2) is 21.9 Å². The lowest BCUT2D eigenvalue weighted by atomic mass is 10.2. The molecule has 0 spiro atoms. The number of methoxy groups -OCH3 is 1. The monoisotopic (exact) mass is 379 g/mol. The van der Waals surface area contributed by atoms with E-state index in [0.29, 0.717) is 16.3 Å². The fourth-order valence-electron chi connectivity index (χ4n) is 2.00. The van der Waals surface area contributed by atoms with Crippen molar-refractivity contribution in [1.29, 1.82) is 0 Å². The summed E-state index contributed by atoms with van der Waals surface area (Å²) in [5.74, 6) is 3.05. The summed E-state index contributed by atoms with van der Waals surface area (Å²) < 4.78 is 13.4. The first-order chi connectivity index (χ1) is 10.7. The van der Waals surface area contributed by atoms with Crippen molar-refractivity contribution >= 4 is 27.7 Å². The van der Waals surface area contributed by atoms with Crippen molar-refractivity contribution in [1.82, 2.24) is 14.8 Å². The maximum absolute atomic E-state index is 5.52. The van der Waals surface area contributed by atoms with E-state index < -0.39 is 0 Å². The molecule has 0 unspecified atom stereocenters. The maximum atomic E-state index is 5.52. The van der Waals surface area contributed by atoms with Crippen LogP contribution in [0.5, 0.6) is 5.75 Å². The summed E-state index contributed by atoms with van der Waals surface area (Å²) in [6.07, 6.45) is 0. The summed E-state index contributed by atoms with van der Waals surface area (Å²) in [5.41, 5.74) is 1.18. The van der Waals surface area contributed by atoms with Gasteiger partial charge in [-0.1, -0.05) is 23.9 Å². The van der Waals surface area contributed by atoms with E-state index in [2.05, 4.69) is 32.2 Å². The van der Waals surface area contributed by atoms with E-state index in [1.165, 1.54) is 5.56 Å². The smallest absolute Gasteiger partial charge is 0.200 e. The Labute approximate surface area is 140 Å². The Bertz CT molecular complexity index is 785. The molecular formula is C15H14BrN3O2S. The zero-order valence-corrected chi connectivity index (χ0v) is 14.5. The summed E-state index contributed by atoms with van der Waals surface area (Å²) in [6.45, 7) is 0. The Hall–Kier alpha value is -1.73. The molecule has 0 saturated carbocycles. The van der Waals surface area contributed by atoms with E-state index in [1.54, 1.807) is 18.9 Å². The Morgan fingerprint density at radius 3 is 2.86 bits per heavy atom. The van der Waals surface area contributed by atoms with Crippen molar-refractivity contribution < 1.29 is 9.15 Å². The summed E-state index contributed by atoms with van der Waals surface area (Å²) in [7, 11) is 3.60. The van der Waals surface area contributed by atoms with Crippen LogP contribution in [0.15, 0.2) is 50.6 Å². The third kappa shape index (κ3) is 3.20. The largest absolute Gasteiger partial charge is 0.497 e. The van der Waals surface area contributed by atoms with Crippen molar-refractivity contribution in [3.63, 3.8) is 0 Å². The molecule has 2 aromatic heterocycles. The van der Waals surface area contributed by atoms with Crippen LogP contribution in [0.2, 0.25) is 0 Å². The van der Waals surface area contributed by atoms with E-state index >= 15 is 0 Å². The van der Waals surface area contributed by atoms with Crippen LogP contribution in [-0.2, 0) is 12.8 Å². The van der Waals surface area contributed by atoms with Gasteiger partial charge in [0.1, 0.15) is 5.75 Å². The van der Waals surface area contributed by atoms with Crippen molar-refractivity contribution in [2.24, 2.45) is 7.05 Å². The predicted molar refractivity (Wildman–Crippen MR) is 89.0 cm³/mol. The first-order valence-electron chi connectivity index (χ1n) is 6.58. The van der Waals surface area contributed by atoms with E-state index in [-0.39, 0.29) is 0 Å². The Morgan fingerprint density at radius 1 is 1.27 bits per heavy atom. The minimum absolute atomic E-state index is 0.677. The summed E-state index contributed by atoms with van der Waals surface area (Å²) in [6, 6.07) is 11.7. The standard InChI is InChI=1S/C15H14BrN3O2S/c1-19-14(12-6-7-13(16)21-12)17-18-15(19)22-9-10-4-3-5-11(8-10)20-2/h3-8H,9H2,1-2H3. The minimum Gasteiger partial charge on any atom is -0.497 e. The Balaban J connectivity index is 1.75. The zero-order valence-electron chi connectivity index (χ0n) is 12.1. The molecule has 0 radical (unpaired) electrons. The molecule has 0 aliphatic heterocycles. The number of furan rings is 1. The molecular weight excluding hydrogens is 366 g/mol. The second-order valence-electron chi connectivity index (χ2n) is 4.61. The fourth-order valence-corrected chi connectivity index (χ4v) is 3.16. The van der Waals surface area contributed by atoms with Gasteiger partial charge in [0.25, 0.3) is 0 Å². The second-order valence-corrected chi connectivity index (χ2v) is 6.33. The van der Waals surface area contributed by atoms with Gasteiger partial charge in [0.15, 0.2) is 21.4 Å². The molecule has 5 nitrogen and oxygen atoms in total. The van der Waals surface area contributed by atoms with E-state index in [9.17, 15) is 0 Å². The van der Waals surface area contributed by atoms with Gasteiger partial charge in [0.2, 0.25) is 0 Å². The number of thioether (sulfide) groups is 1. The molecule has 7 heteroatoms. The van der Waals surface area contributed by atoms with Gasteiger partial charge < -0.3 is 13.7 Å². The molecule has 0 aliphatic carbocycles. The number of rotatable bonds is 5. The molecule has 3 aromatic rings. The highest BCUT2D eigenvalue weighted by molar-refractivity contribution is 9.10. The van der Waals surface area contributed by atoms with Gasteiger partial charge >= 0.3 is 0 Å². The van der Waals surface area contributed by atoms with Crippen molar-refractivity contribution in [3.8, 4) is 17.3 Å². The molecule has 0 fully saturated rings. The molecule has 3 rings (SSSR count). The van der Waals surface area contributed by atoms with Gasteiger partial charge in [-0.2, -0.15) is 0 Å². The maximum Gasteiger partial charge on any atom is 0.200 e. The molecule has 0 aliphatic rings. The minimum atomic E-state index is 0.677. The molecule has 0 N–H and O–H groups in total. The molecule has 0 atom stereocenters. The molecule has 114 valence electrons. The third-order valence-corrected chi connectivity index (χ3v) is 4.65. The number of aromatic nitrogens is 3. The van der Waals surface area contributed by atoms with E-state index in [1.807, 2.05) is 41.9 Å². The number of benzene rings is 1. The number of halogens is 1. The van der Waals surface area contributed by atoms with Gasteiger partial charge in [-0.3, -0.25) is 0 Å². The highest BCUT2D eigenvalue weighted by atomic mass is 79.9. The number of ether oxygens (including phenoxy) is 1. The SMILES string of the molecule is COc1cccc(CSc2nnc(-c3ccc(Br)o3)n2C)c1. The Kier molecular flexibility index (Phi) is 4.54. The summed E-state index contributed by atoms with van der Waals surface area (Å²) >= 11 is 4.92.